The van der Waals surface area contributed by atoms with Crippen LogP contribution >= 0.6 is 11.3 Å². The first kappa shape index (κ1) is 17.8. The molecule has 1 amide bonds. The fourth-order valence-corrected chi connectivity index (χ4v) is 4.54. The zero-order valence-corrected chi connectivity index (χ0v) is 15.6. The molecule has 0 aliphatic carbocycles. The number of carbonyl (C=O) groups excluding carboxylic acids is 1. The van der Waals surface area contributed by atoms with Gasteiger partial charge in [-0.2, -0.15) is 0 Å². The number of carbonyl (C=O) groups is 1. The average molecular weight is 387 g/mol. The van der Waals surface area contributed by atoms with Crippen molar-refractivity contribution in [3.8, 4) is 0 Å². The molecule has 3 heterocycles. The number of benzene rings is 1. The molecule has 27 heavy (non-hydrogen) atoms. The van der Waals surface area contributed by atoms with E-state index in [-0.39, 0.29) is 23.9 Å². The summed E-state index contributed by atoms with van der Waals surface area (Å²) in [6, 6.07) is 6.08. The van der Waals surface area contributed by atoms with Gasteiger partial charge in [0.1, 0.15) is 17.3 Å². The molecule has 2 aromatic heterocycles. The average Bonchev–Trinajstić information content (AvgIpc) is 3.04. The number of thiophene rings is 1. The Bertz CT molecular complexity index is 1060. The van der Waals surface area contributed by atoms with Crippen molar-refractivity contribution >= 4 is 27.5 Å². The fourth-order valence-electron chi connectivity index (χ4n) is 3.35. The lowest BCUT2D eigenvalue weighted by Gasteiger charge is -2.26. The first-order chi connectivity index (χ1) is 13.1. The van der Waals surface area contributed by atoms with Crippen LogP contribution in [0.3, 0.4) is 0 Å². The molecule has 0 N–H and O–H groups in total. The summed E-state index contributed by atoms with van der Waals surface area (Å²) in [5, 5.41) is 0.637. The van der Waals surface area contributed by atoms with E-state index in [1.807, 2.05) is 0 Å². The largest absolute Gasteiger partial charge is 0.375 e. The summed E-state index contributed by atoms with van der Waals surface area (Å²) in [6.45, 7) is 1.44. The number of aromatic nitrogens is 2. The minimum atomic E-state index is -0.306. The second-order valence-electron chi connectivity index (χ2n) is 6.49. The fraction of sp³-hybridized carbons (Fsp3) is 0.316. The molecule has 0 saturated carbocycles. The number of nitrogens with zero attached hydrogens (tertiary/aromatic N) is 3. The first-order valence-corrected chi connectivity index (χ1v) is 9.39. The Morgan fingerprint density at radius 1 is 1.33 bits per heavy atom. The van der Waals surface area contributed by atoms with E-state index in [1.54, 1.807) is 21.6 Å². The van der Waals surface area contributed by atoms with Gasteiger partial charge in [0, 0.05) is 18.5 Å². The summed E-state index contributed by atoms with van der Waals surface area (Å²) in [4.78, 5) is 33.0. The summed E-state index contributed by atoms with van der Waals surface area (Å²) in [5.41, 5.74) is 1.72. The van der Waals surface area contributed by atoms with Crippen molar-refractivity contribution in [2.75, 3.05) is 20.3 Å². The predicted octanol–water partition coefficient (Wildman–Crippen LogP) is 2.18. The molecule has 0 bridgehead atoms. The van der Waals surface area contributed by atoms with Crippen molar-refractivity contribution in [1.29, 1.82) is 0 Å². The summed E-state index contributed by atoms with van der Waals surface area (Å²) in [5.74, 6) is -0.360. The third-order valence-corrected chi connectivity index (χ3v) is 5.84. The summed E-state index contributed by atoms with van der Waals surface area (Å²) in [6.07, 6.45) is 2.16. The Kier molecular flexibility index (Phi) is 4.75. The van der Waals surface area contributed by atoms with E-state index in [0.29, 0.717) is 36.3 Å². The van der Waals surface area contributed by atoms with Crippen LogP contribution in [0.1, 0.15) is 16.0 Å². The summed E-state index contributed by atoms with van der Waals surface area (Å²) in [7, 11) is 1.50. The molecular weight excluding hydrogens is 369 g/mol. The van der Waals surface area contributed by atoms with Gasteiger partial charge in [-0.3, -0.25) is 14.2 Å². The lowest BCUT2D eigenvalue weighted by Crippen LogP contribution is -2.37. The van der Waals surface area contributed by atoms with Crippen LogP contribution in [-0.2, 0) is 29.0 Å². The third kappa shape index (κ3) is 3.38. The molecule has 1 aromatic carbocycles. The van der Waals surface area contributed by atoms with Gasteiger partial charge in [-0.05, 0) is 29.7 Å². The molecule has 1 aliphatic heterocycles. The third-order valence-electron chi connectivity index (χ3n) is 4.71. The molecule has 0 saturated heterocycles. The maximum absolute atomic E-state index is 13.1. The van der Waals surface area contributed by atoms with E-state index in [0.717, 1.165) is 16.0 Å². The molecule has 3 aromatic rings. The van der Waals surface area contributed by atoms with E-state index in [4.69, 9.17) is 4.74 Å². The van der Waals surface area contributed by atoms with Crippen LogP contribution in [0.25, 0.3) is 10.2 Å². The molecule has 0 atom stereocenters. The van der Waals surface area contributed by atoms with Crippen molar-refractivity contribution < 1.29 is 13.9 Å². The van der Waals surface area contributed by atoms with Crippen LogP contribution in [0.5, 0.6) is 0 Å². The molecule has 6 nitrogen and oxygen atoms in total. The lowest BCUT2D eigenvalue weighted by molar-refractivity contribution is -0.136. The minimum absolute atomic E-state index is 0.0534. The quantitative estimate of drug-likeness (QED) is 0.688. The maximum Gasteiger partial charge on any atom is 0.262 e. The predicted molar refractivity (Wildman–Crippen MR) is 100 cm³/mol. The van der Waals surface area contributed by atoms with Gasteiger partial charge < -0.3 is 9.64 Å². The standard InChI is InChI=1S/C19H18FN3O3S/c1-26-10-16(24)22-7-6-14-15(9-22)27-18-17(14)19(25)23(11-21-18)8-12-2-4-13(20)5-3-12/h2-5,11H,6-10H2,1H3. The van der Waals surface area contributed by atoms with Gasteiger partial charge in [-0.1, -0.05) is 12.1 Å². The van der Waals surface area contributed by atoms with Gasteiger partial charge in [-0.15, -0.1) is 11.3 Å². The van der Waals surface area contributed by atoms with Crippen LogP contribution in [-0.4, -0.2) is 40.6 Å². The normalized spacial score (nSPS) is 13.8. The van der Waals surface area contributed by atoms with Crippen LogP contribution in [0.4, 0.5) is 4.39 Å². The molecule has 0 unspecified atom stereocenters. The highest BCUT2D eigenvalue weighted by Crippen LogP contribution is 2.32. The number of ether oxygens (including phenoxy) is 1. The van der Waals surface area contributed by atoms with Crippen molar-refractivity contribution in [2.24, 2.45) is 0 Å². The van der Waals surface area contributed by atoms with Crippen molar-refractivity contribution in [1.82, 2.24) is 14.5 Å². The second-order valence-corrected chi connectivity index (χ2v) is 7.57. The highest BCUT2D eigenvalue weighted by atomic mass is 32.1. The van der Waals surface area contributed by atoms with Crippen LogP contribution in [0, 0.1) is 5.82 Å². The molecular formula is C19H18FN3O3S. The Hall–Kier alpha value is -2.58. The van der Waals surface area contributed by atoms with Gasteiger partial charge in [0.25, 0.3) is 5.56 Å². The summed E-state index contributed by atoms with van der Waals surface area (Å²) < 4.78 is 19.6. The van der Waals surface area contributed by atoms with E-state index < -0.39 is 0 Å². The number of hydrogen-bond donors (Lipinski definition) is 0. The van der Waals surface area contributed by atoms with E-state index >= 15 is 0 Å². The Balaban J connectivity index is 1.67. The zero-order valence-electron chi connectivity index (χ0n) is 14.8. The smallest absolute Gasteiger partial charge is 0.262 e. The Labute approximate surface area is 158 Å². The molecule has 0 radical (unpaired) electrons. The number of fused-ring (bicyclic) bond motifs is 3. The molecule has 140 valence electrons. The van der Waals surface area contributed by atoms with Gasteiger partial charge >= 0.3 is 0 Å². The Morgan fingerprint density at radius 2 is 2.11 bits per heavy atom. The van der Waals surface area contributed by atoms with Gasteiger partial charge in [0.05, 0.1) is 24.8 Å². The highest BCUT2D eigenvalue weighted by molar-refractivity contribution is 7.18. The molecule has 0 spiro atoms. The van der Waals surface area contributed by atoms with E-state index in [1.165, 1.54) is 36.9 Å². The zero-order chi connectivity index (χ0) is 19.0. The number of amides is 1. The van der Waals surface area contributed by atoms with Crippen LogP contribution < -0.4 is 5.56 Å². The van der Waals surface area contributed by atoms with Gasteiger partial charge in [0.15, 0.2) is 0 Å². The molecule has 4 rings (SSSR count). The van der Waals surface area contributed by atoms with E-state index in [9.17, 15) is 14.0 Å². The number of halogens is 1. The SMILES string of the molecule is COCC(=O)N1CCc2c(sc3ncn(Cc4ccc(F)cc4)c(=O)c23)C1. The topological polar surface area (TPSA) is 64.4 Å². The molecule has 1 aliphatic rings. The van der Waals surface area contributed by atoms with Crippen LogP contribution in [0.15, 0.2) is 35.4 Å². The maximum atomic E-state index is 13.1. The van der Waals surface area contributed by atoms with Gasteiger partial charge in [0.2, 0.25) is 5.91 Å². The van der Waals surface area contributed by atoms with Crippen molar-refractivity contribution in [3.63, 3.8) is 0 Å². The monoisotopic (exact) mass is 387 g/mol. The number of methoxy groups -OCH3 is 1. The first-order valence-electron chi connectivity index (χ1n) is 8.57. The highest BCUT2D eigenvalue weighted by Gasteiger charge is 2.26. The molecule has 0 fully saturated rings. The number of hydrogen-bond acceptors (Lipinski definition) is 5. The van der Waals surface area contributed by atoms with Crippen LogP contribution in [0.2, 0.25) is 0 Å². The van der Waals surface area contributed by atoms with Gasteiger partial charge in [-0.25, -0.2) is 9.37 Å². The van der Waals surface area contributed by atoms with E-state index in [2.05, 4.69) is 4.98 Å². The Morgan fingerprint density at radius 3 is 2.85 bits per heavy atom. The lowest BCUT2D eigenvalue weighted by atomic mass is 10.1. The summed E-state index contributed by atoms with van der Waals surface area (Å²) >= 11 is 1.46. The minimum Gasteiger partial charge on any atom is -0.375 e. The number of rotatable bonds is 4. The van der Waals surface area contributed by atoms with Crippen molar-refractivity contribution in [2.45, 2.75) is 19.5 Å². The second kappa shape index (κ2) is 7.21. The van der Waals surface area contributed by atoms with Crippen molar-refractivity contribution in [3.05, 3.63) is 62.8 Å². The molecule has 8 heteroatoms.